The monoisotopic (exact) mass is 283 g/mol. The Kier molecular flexibility index (Phi) is 3.52. The molecule has 1 aliphatic heterocycles. The Morgan fingerprint density at radius 1 is 1.10 bits per heavy atom. The molecule has 4 heteroatoms. The summed E-state index contributed by atoms with van der Waals surface area (Å²) in [5.41, 5.74) is 2.86. The SMILES string of the molecule is Cc1ccc(C(=O)N(C)Cc2ccc3c(c2)OCO3)cc1. The van der Waals surface area contributed by atoms with E-state index in [1.807, 2.05) is 49.4 Å². The molecule has 1 heterocycles. The number of carbonyl (C=O) groups excluding carboxylic acids is 1. The van der Waals surface area contributed by atoms with Gasteiger partial charge in [-0.1, -0.05) is 23.8 Å². The normalized spacial score (nSPS) is 12.3. The van der Waals surface area contributed by atoms with Crippen LogP contribution in [0.5, 0.6) is 11.5 Å². The first-order chi connectivity index (χ1) is 10.1. The lowest BCUT2D eigenvalue weighted by molar-refractivity contribution is 0.0785. The van der Waals surface area contributed by atoms with Crippen LogP contribution in [0.2, 0.25) is 0 Å². The first-order valence-corrected chi connectivity index (χ1v) is 6.84. The summed E-state index contributed by atoms with van der Waals surface area (Å²) in [4.78, 5) is 14.1. The van der Waals surface area contributed by atoms with Gasteiger partial charge in [0.2, 0.25) is 6.79 Å². The maximum atomic E-state index is 12.4. The lowest BCUT2D eigenvalue weighted by atomic mass is 10.1. The Morgan fingerprint density at radius 3 is 2.57 bits per heavy atom. The van der Waals surface area contributed by atoms with E-state index in [1.54, 1.807) is 11.9 Å². The van der Waals surface area contributed by atoms with Crippen molar-refractivity contribution < 1.29 is 14.3 Å². The molecule has 0 radical (unpaired) electrons. The number of aryl methyl sites for hydroxylation is 1. The summed E-state index contributed by atoms with van der Waals surface area (Å²) in [5, 5.41) is 0. The smallest absolute Gasteiger partial charge is 0.253 e. The molecule has 21 heavy (non-hydrogen) atoms. The van der Waals surface area contributed by atoms with Crippen LogP contribution in [0.3, 0.4) is 0 Å². The molecule has 2 aromatic rings. The van der Waals surface area contributed by atoms with Crippen molar-refractivity contribution >= 4 is 5.91 Å². The van der Waals surface area contributed by atoms with E-state index in [4.69, 9.17) is 9.47 Å². The fourth-order valence-electron chi connectivity index (χ4n) is 2.30. The number of nitrogens with zero attached hydrogens (tertiary/aromatic N) is 1. The minimum absolute atomic E-state index is 0.00710. The van der Waals surface area contributed by atoms with Gasteiger partial charge in [-0.2, -0.15) is 0 Å². The van der Waals surface area contributed by atoms with Gasteiger partial charge in [0.05, 0.1) is 0 Å². The average molecular weight is 283 g/mol. The number of hydrogen-bond donors (Lipinski definition) is 0. The number of amides is 1. The number of rotatable bonds is 3. The second-order valence-corrected chi connectivity index (χ2v) is 5.21. The van der Waals surface area contributed by atoms with Gasteiger partial charge in [-0.05, 0) is 36.8 Å². The van der Waals surface area contributed by atoms with E-state index < -0.39 is 0 Å². The number of benzene rings is 2. The molecular formula is C17H17NO3. The van der Waals surface area contributed by atoms with Crippen molar-refractivity contribution in [1.29, 1.82) is 0 Å². The molecule has 0 saturated heterocycles. The summed E-state index contributed by atoms with van der Waals surface area (Å²) < 4.78 is 10.6. The van der Waals surface area contributed by atoms with Crippen molar-refractivity contribution in [2.75, 3.05) is 13.8 Å². The van der Waals surface area contributed by atoms with Gasteiger partial charge in [-0.25, -0.2) is 0 Å². The van der Waals surface area contributed by atoms with Crippen molar-refractivity contribution in [1.82, 2.24) is 4.90 Å². The van der Waals surface area contributed by atoms with E-state index in [9.17, 15) is 4.79 Å². The summed E-state index contributed by atoms with van der Waals surface area (Å²) in [5.74, 6) is 1.50. The highest BCUT2D eigenvalue weighted by Crippen LogP contribution is 2.32. The summed E-state index contributed by atoms with van der Waals surface area (Å²) in [6, 6.07) is 13.3. The quantitative estimate of drug-likeness (QED) is 0.869. The molecule has 3 rings (SSSR count). The highest BCUT2D eigenvalue weighted by atomic mass is 16.7. The van der Waals surface area contributed by atoms with Gasteiger partial charge < -0.3 is 14.4 Å². The van der Waals surface area contributed by atoms with E-state index in [1.165, 1.54) is 0 Å². The second-order valence-electron chi connectivity index (χ2n) is 5.21. The Morgan fingerprint density at radius 2 is 1.81 bits per heavy atom. The van der Waals surface area contributed by atoms with Crippen molar-refractivity contribution in [2.24, 2.45) is 0 Å². The molecule has 0 aliphatic carbocycles. The topological polar surface area (TPSA) is 38.8 Å². The van der Waals surface area contributed by atoms with Gasteiger partial charge in [0.25, 0.3) is 5.91 Å². The molecule has 108 valence electrons. The van der Waals surface area contributed by atoms with Crippen LogP contribution in [0.25, 0.3) is 0 Å². The van der Waals surface area contributed by atoms with E-state index in [2.05, 4.69) is 0 Å². The van der Waals surface area contributed by atoms with Crippen LogP contribution in [0, 0.1) is 6.92 Å². The number of carbonyl (C=O) groups is 1. The molecule has 0 saturated carbocycles. The first-order valence-electron chi connectivity index (χ1n) is 6.84. The molecule has 1 aliphatic rings. The van der Waals surface area contributed by atoms with Crippen molar-refractivity contribution in [2.45, 2.75) is 13.5 Å². The van der Waals surface area contributed by atoms with Crippen LogP contribution in [-0.2, 0) is 6.54 Å². The Labute approximate surface area is 123 Å². The van der Waals surface area contributed by atoms with Crippen LogP contribution in [-0.4, -0.2) is 24.6 Å². The second kappa shape index (κ2) is 5.48. The predicted octanol–water partition coefficient (Wildman–Crippen LogP) is 3.00. The zero-order chi connectivity index (χ0) is 14.8. The third kappa shape index (κ3) is 2.84. The third-order valence-corrected chi connectivity index (χ3v) is 3.50. The van der Waals surface area contributed by atoms with Crippen LogP contribution >= 0.6 is 0 Å². The van der Waals surface area contributed by atoms with Crippen LogP contribution in [0.15, 0.2) is 42.5 Å². The predicted molar refractivity (Wildman–Crippen MR) is 79.5 cm³/mol. The Balaban J connectivity index is 1.72. The van der Waals surface area contributed by atoms with Gasteiger partial charge >= 0.3 is 0 Å². The third-order valence-electron chi connectivity index (χ3n) is 3.50. The summed E-state index contributed by atoms with van der Waals surface area (Å²) >= 11 is 0. The molecule has 0 fully saturated rings. The Bertz CT molecular complexity index is 664. The first kappa shape index (κ1) is 13.5. The summed E-state index contributed by atoms with van der Waals surface area (Å²) in [6.45, 7) is 2.80. The van der Waals surface area contributed by atoms with Crippen LogP contribution < -0.4 is 9.47 Å². The molecule has 0 spiro atoms. The van der Waals surface area contributed by atoms with E-state index in [-0.39, 0.29) is 12.7 Å². The van der Waals surface area contributed by atoms with E-state index in [0.29, 0.717) is 12.1 Å². The molecule has 4 nitrogen and oxygen atoms in total. The van der Waals surface area contributed by atoms with Gasteiger partial charge in [-0.3, -0.25) is 4.79 Å². The number of fused-ring (bicyclic) bond motifs is 1. The van der Waals surface area contributed by atoms with Gasteiger partial charge in [0, 0.05) is 19.2 Å². The maximum Gasteiger partial charge on any atom is 0.253 e. The molecule has 0 bridgehead atoms. The summed E-state index contributed by atoms with van der Waals surface area (Å²) in [6.07, 6.45) is 0. The largest absolute Gasteiger partial charge is 0.454 e. The van der Waals surface area contributed by atoms with Crippen LogP contribution in [0.1, 0.15) is 21.5 Å². The highest BCUT2D eigenvalue weighted by Gasteiger charge is 2.16. The van der Waals surface area contributed by atoms with Crippen LogP contribution in [0.4, 0.5) is 0 Å². The number of hydrogen-bond acceptors (Lipinski definition) is 3. The van der Waals surface area contributed by atoms with Gasteiger partial charge in [-0.15, -0.1) is 0 Å². The molecule has 0 atom stereocenters. The minimum Gasteiger partial charge on any atom is -0.454 e. The summed E-state index contributed by atoms with van der Waals surface area (Å²) in [7, 11) is 1.80. The average Bonchev–Trinajstić information content (AvgIpc) is 2.95. The molecular weight excluding hydrogens is 266 g/mol. The number of ether oxygens (including phenoxy) is 2. The Hall–Kier alpha value is -2.49. The lowest BCUT2D eigenvalue weighted by Gasteiger charge is -2.17. The zero-order valence-corrected chi connectivity index (χ0v) is 12.1. The molecule has 1 amide bonds. The van der Waals surface area contributed by atoms with Crippen molar-refractivity contribution in [3.05, 3.63) is 59.2 Å². The van der Waals surface area contributed by atoms with Crippen molar-refractivity contribution in [3.63, 3.8) is 0 Å². The molecule has 0 unspecified atom stereocenters. The molecule has 0 aromatic heterocycles. The highest BCUT2D eigenvalue weighted by molar-refractivity contribution is 5.94. The molecule has 2 aromatic carbocycles. The maximum absolute atomic E-state index is 12.4. The van der Waals surface area contributed by atoms with Gasteiger partial charge in [0.1, 0.15) is 0 Å². The fourth-order valence-corrected chi connectivity index (χ4v) is 2.30. The lowest BCUT2D eigenvalue weighted by Crippen LogP contribution is -2.26. The van der Waals surface area contributed by atoms with Gasteiger partial charge in [0.15, 0.2) is 11.5 Å². The fraction of sp³-hybridized carbons (Fsp3) is 0.235. The van der Waals surface area contributed by atoms with E-state index >= 15 is 0 Å². The van der Waals surface area contributed by atoms with Crippen molar-refractivity contribution in [3.8, 4) is 11.5 Å². The standard InChI is InChI=1S/C17H17NO3/c1-12-3-6-14(7-4-12)17(19)18(2)10-13-5-8-15-16(9-13)21-11-20-15/h3-9H,10-11H2,1-2H3. The molecule has 0 N–H and O–H groups in total. The zero-order valence-electron chi connectivity index (χ0n) is 12.1. The van der Waals surface area contributed by atoms with E-state index in [0.717, 1.165) is 22.6 Å². The minimum atomic E-state index is 0.00710.